The van der Waals surface area contributed by atoms with Crippen LogP contribution in [0.2, 0.25) is 0 Å². The van der Waals surface area contributed by atoms with Crippen molar-refractivity contribution in [3.8, 4) is 0 Å². The number of rotatable bonds is 11. The third-order valence-electron chi connectivity index (χ3n) is 3.39. The van der Waals surface area contributed by atoms with Crippen molar-refractivity contribution < 1.29 is 4.39 Å². The fourth-order valence-corrected chi connectivity index (χ4v) is 3.17. The first-order valence-electron chi connectivity index (χ1n) is 7.60. The molecule has 0 aliphatic carbocycles. The van der Waals surface area contributed by atoms with Crippen LogP contribution in [0.5, 0.6) is 0 Å². The molecule has 0 aliphatic rings. The number of benzene rings is 1. The van der Waals surface area contributed by atoms with E-state index in [-0.39, 0.29) is 5.82 Å². The molecule has 0 fully saturated rings. The smallest absolute Gasteiger partial charge is 0.124 e. The lowest BCUT2D eigenvalue weighted by atomic mass is 10.1. The first-order valence-corrected chi connectivity index (χ1v) is 8.59. The molecule has 0 aliphatic heterocycles. The number of thioether (sulfide) groups is 1. The van der Waals surface area contributed by atoms with Gasteiger partial charge in [-0.05, 0) is 24.6 Å². The molecule has 114 valence electrons. The molecule has 20 heavy (non-hydrogen) atoms. The van der Waals surface area contributed by atoms with E-state index in [0.29, 0.717) is 6.04 Å². The molecule has 0 radical (unpaired) electrons. The molecule has 0 saturated carbocycles. The Morgan fingerprint density at radius 1 is 1.20 bits per heavy atom. The van der Waals surface area contributed by atoms with Gasteiger partial charge in [-0.3, -0.25) is 11.3 Å². The van der Waals surface area contributed by atoms with Crippen molar-refractivity contribution in [2.75, 3.05) is 5.75 Å². The van der Waals surface area contributed by atoms with E-state index in [2.05, 4.69) is 12.3 Å². The van der Waals surface area contributed by atoms with Gasteiger partial charge < -0.3 is 0 Å². The van der Waals surface area contributed by atoms with E-state index in [1.165, 1.54) is 44.6 Å². The van der Waals surface area contributed by atoms with Crippen LogP contribution in [-0.4, -0.2) is 11.8 Å². The van der Waals surface area contributed by atoms with Crippen LogP contribution in [0.1, 0.15) is 51.9 Å². The van der Waals surface area contributed by atoms with Gasteiger partial charge in [0.25, 0.3) is 0 Å². The minimum Gasteiger partial charge on any atom is -0.271 e. The maximum absolute atomic E-state index is 13.1. The topological polar surface area (TPSA) is 38.0 Å². The van der Waals surface area contributed by atoms with Crippen LogP contribution in [0.15, 0.2) is 29.2 Å². The summed E-state index contributed by atoms with van der Waals surface area (Å²) in [7, 11) is 0. The zero-order valence-corrected chi connectivity index (χ0v) is 13.2. The fourth-order valence-electron chi connectivity index (χ4n) is 2.14. The van der Waals surface area contributed by atoms with Crippen LogP contribution in [0.3, 0.4) is 0 Å². The number of hydrazine groups is 1. The summed E-state index contributed by atoms with van der Waals surface area (Å²) in [5.74, 6) is 6.30. The molecule has 0 spiro atoms. The van der Waals surface area contributed by atoms with E-state index < -0.39 is 0 Å². The molecular formula is C16H27FN2S. The van der Waals surface area contributed by atoms with Gasteiger partial charge >= 0.3 is 0 Å². The number of halogens is 1. The number of hydrogen-bond acceptors (Lipinski definition) is 3. The van der Waals surface area contributed by atoms with E-state index in [4.69, 9.17) is 5.84 Å². The number of nitrogens with one attached hydrogen (secondary N) is 1. The van der Waals surface area contributed by atoms with E-state index in [1.54, 1.807) is 23.9 Å². The Hall–Kier alpha value is -0.580. The van der Waals surface area contributed by atoms with Gasteiger partial charge in [-0.25, -0.2) is 4.39 Å². The molecule has 1 aromatic rings. The van der Waals surface area contributed by atoms with Crippen molar-refractivity contribution >= 4 is 11.8 Å². The highest BCUT2D eigenvalue weighted by Gasteiger charge is 2.07. The highest BCUT2D eigenvalue weighted by Crippen LogP contribution is 2.21. The van der Waals surface area contributed by atoms with Crippen LogP contribution in [-0.2, 0) is 0 Å². The molecule has 0 bridgehead atoms. The summed E-state index contributed by atoms with van der Waals surface area (Å²) in [5, 5.41) is 0. The van der Waals surface area contributed by atoms with Gasteiger partial charge in [-0.15, -0.1) is 11.8 Å². The van der Waals surface area contributed by atoms with Crippen molar-refractivity contribution in [3.63, 3.8) is 0 Å². The Bertz CT molecular complexity index is 360. The molecule has 1 aromatic carbocycles. The third-order valence-corrected chi connectivity index (χ3v) is 4.55. The molecule has 2 nitrogen and oxygen atoms in total. The average molecular weight is 298 g/mol. The highest BCUT2D eigenvalue weighted by molar-refractivity contribution is 7.99. The van der Waals surface area contributed by atoms with Crippen molar-refractivity contribution in [1.82, 2.24) is 5.43 Å². The first kappa shape index (κ1) is 17.5. The normalized spacial score (nSPS) is 12.6. The van der Waals surface area contributed by atoms with E-state index in [9.17, 15) is 4.39 Å². The van der Waals surface area contributed by atoms with Gasteiger partial charge in [0.15, 0.2) is 0 Å². The predicted octanol–water partition coefficient (Wildman–Crippen LogP) is 4.50. The highest BCUT2D eigenvalue weighted by atomic mass is 32.2. The molecule has 4 heteroatoms. The summed E-state index contributed by atoms with van der Waals surface area (Å²) in [6.07, 6.45) is 8.87. The van der Waals surface area contributed by atoms with Crippen molar-refractivity contribution in [3.05, 3.63) is 30.1 Å². The molecule has 1 atom stereocenters. The number of hydrogen-bond donors (Lipinski definition) is 2. The Balaban J connectivity index is 2.16. The van der Waals surface area contributed by atoms with Gasteiger partial charge in [0.05, 0.1) is 0 Å². The summed E-state index contributed by atoms with van der Waals surface area (Å²) in [5.41, 5.74) is 2.87. The zero-order chi connectivity index (χ0) is 14.6. The lowest BCUT2D eigenvalue weighted by molar-refractivity contribution is 0.494. The molecule has 0 aromatic heterocycles. The average Bonchev–Trinajstić information content (AvgIpc) is 2.46. The fraction of sp³-hybridized carbons (Fsp3) is 0.625. The van der Waals surface area contributed by atoms with Gasteiger partial charge in [-0.2, -0.15) is 0 Å². The van der Waals surface area contributed by atoms with Crippen molar-refractivity contribution in [2.24, 2.45) is 5.84 Å². The third kappa shape index (κ3) is 7.88. The standard InChI is InChI=1S/C16H27FN2S/c1-2-3-4-5-6-7-10-15(19-18)13-20-16-11-8-9-14(17)12-16/h8-9,11-12,15,19H,2-7,10,13,18H2,1H3. The number of nitrogens with two attached hydrogens (primary N) is 1. The summed E-state index contributed by atoms with van der Waals surface area (Å²) >= 11 is 1.66. The summed E-state index contributed by atoms with van der Waals surface area (Å²) < 4.78 is 13.1. The quantitative estimate of drug-likeness (QED) is 0.273. The monoisotopic (exact) mass is 298 g/mol. The van der Waals surface area contributed by atoms with Gasteiger partial charge in [-0.1, -0.05) is 51.5 Å². The minimum absolute atomic E-state index is 0.178. The predicted molar refractivity (Wildman–Crippen MR) is 86.2 cm³/mol. The van der Waals surface area contributed by atoms with Crippen molar-refractivity contribution in [2.45, 2.75) is 62.8 Å². The number of unbranched alkanes of at least 4 members (excludes halogenated alkanes) is 5. The molecule has 0 amide bonds. The van der Waals surface area contributed by atoms with Gasteiger partial charge in [0.1, 0.15) is 5.82 Å². The molecule has 1 unspecified atom stereocenters. The maximum atomic E-state index is 13.1. The Morgan fingerprint density at radius 2 is 1.95 bits per heavy atom. The Morgan fingerprint density at radius 3 is 2.65 bits per heavy atom. The lowest BCUT2D eigenvalue weighted by Crippen LogP contribution is -2.36. The molecule has 0 heterocycles. The van der Waals surface area contributed by atoms with Crippen LogP contribution in [0.25, 0.3) is 0 Å². The summed E-state index contributed by atoms with van der Waals surface area (Å²) in [6.45, 7) is 2.23. The second kappa shape index (κ2) is 11.1. The summed E-state index contributed by atoms with van der Waals surface area (Å²) in [6, 6.07) is 7.03. The Labute approximate surface area is 126 Å². The van der Waals surface area contributed by atoms with Gasteiger partial charge in [0, 0.05) is 16.7 Å². The molecular weight excluding hydrogens is 271 g/mol. The summed E-state index contributed by atoms with van der Waals surface area (Å²) in [4.78, 5) is 0.966. The minimum atomic E-state index is -0.178. The SMILES string of the molecule is CCCCCCCCC(CSc1cccc(F)c1)NN. The molecule has 1 rings (SSSR count). The van der Waals surface area contributed by atoms with Crippen molar-refractivity contribution in [1.29, 1.82) is 0 Å². The first-order chi connectivity index (χ1) is 9.76. The van der Waals surface area contributed by atoms with Crippen LogP contribution in [0.4, 0.5) is 4.39 Å². The van der Waals surface area contributed by atoms with E-state index in [1.807, 2.05) is 6.07 Å². The van der Waals surface area contributed by atoms with Crippen LogP contribution >= 0.6 is 11.8 Å². The lowest BCUT2D eigenvalue weighted by Gasteiger charge is -2.15. The van der Waals surface area contributed by atoms with Crippen LogP contribution < -0.4 is 11.3 Å². The van der Waals surface area contributed by atoms with E-state index in [0.717, 1.165) is 17.1 Å². The second-order valence-electron chi connectivity index (χ2n) is 5.19. The largest absolute Gasteiger partial charge is 0.271 e. The maximum Gasteiger partial charge on any atom is 0.124 e. The van der Waals surface area contributed by atoms with E-state index >= 15 is 0 Å². The Kier molecular flexibility index (Phi) is 9.71. The molecule has 3 N–H and O–H groups in total. The van der Waals surface area contributed by atoms with Gasteiger partial charge in [0.2, 0.25) is 0 Å². The molecule has 0 saturated heterocycles. The van der Waals surface area contributed by atoms with Crippen LogP contribution in [0, 0.1) is 5.82 Å². The second-order valence-corrected chi connectivity index (χ2v) is 6.28. The zero-order valence-electron chi connectivity index (χ0n) is 12.4.